The SMILES string of the molecule is CCCC(=O)Nc1nnc(SCc2ccc(F)cc2F)s1. The molecule has 8 heteroatoms. The van der Waals surface area contributed by atoms with Gasteiger partial charge in [-0.05, 0) is 18.1 Å². The third kappa shape index (κ3) is 4.75. The lowest BCUT2D eigenvalue weighted by Gasteiger charge is -2.00. The average Bonchev–Trinajstić information content (AvgIpc) is 2.85. The molecule has 0 spiro atoms. The van der Waals surface area contributed by atoms with Crippen molar-refractivity contribution in [3.63, 3.8) is 0 Å². The van der Waals surface area contributed by atoms with Crippen LogP contribution in [-0.4, -0.2) is 16.1 Å². The molecule has 1 aromatic heterocycles. The number of amides is 1. The monoisotopic (exact) mass is 329 g/mol. The number of carbonyl (C=O) groups is 1. The summed E-state index contributed by atoms with van der Waals surface area (Å²) in [5.74, 6) is -0.958. The molecule has 0 radical (unpaired) electrons. The molecular formula is C13H13F2N3OS2. The number of hydrogen-bond donors (Lipinski definition) is 1. The Morgan fingerprint density at radius 2 is 2.19 bits per heavy atom. The van der Waals surface area contributed by atoms with Crippen LogP contribution in [0.2, 0.25) is 0 Å². The van der Waals surface area contributed by atoms with E-state index in [1.165, 1.54) is 35.2 Å². The molecule has 0 aliphatic heterocycles. The highest BCUT2D eigenvalue weighted by molar-refractivity contribution is 8.00. The minimum atomic E-state index is -0.599. The van der Waals surface area contributed by atoms with Crippen molar-refractivity contribution >= 4 is 34.1 Å². The van der Waals surface area contributed by atoms with Gasteiger partial charge in [-0.15, -0.1) is 10.2 Å². The lowest BCUT2D eigenvalue weighted by atomic mass is 10.2. The predicted molar refractivity (Wildman–Crippen MR) is 79.4 cm³/mol. The van der Waals surface area contributed by atoms with E-state index in [2.05, 4.69) is 15.5 Å². The van der Waals surface area contributed by atoms with Gasteiger partial charge in [0.1, 0.15) is 11.6 Å². The second kappa shape index (κ2) is 7.46. The smallest absolute Gasteiger partial charge is 0.226 e. The molecule has 0 fully saturated rings. The van der Waals surface area contributed by atoms with Crippen molar-refractivity contribution in [2.24, 2.45) is 0 Å². The number of hydrogen-bond acceptors (Lipinski definition) is 5. The largest absolute Gasteiger partial charge is 0.301 e. The normalized spacial score (nSPS) is 10.6. The van der Waals surface area contributed by atoms with Crippen LogP contribution in [0.1, 0.15) is 25.3 Å². The Kier molecular flexibility index (Phi) is 5.63. The van der Waals surface area contributed by atoms with Gasteiger partial charge < -0.3 is 5.32 Å². The first kappa shape index (κ1) is 15.8. The lowest BCUT2D eigenvalue weighted by molar-refractivity contribution is -0.116. The second-order valence-corrected chi connectivity index (χ2v) is 6.40. The summed E-state index contributed by atoms with van der Waals surface area (Å²) >= 11 is 2.51. The first-order chi connectivity index (χ1) is 10.1. The number of benzene rings is 1. The molecular weight excluding hydrogens is 316 g/mol. The topological polar surface area (TPSA) is 54.9 Å². The van der Waals surface area contributed by atoms with Crippen LogP contribution in [0.15, 0.2) is 22.5 Å². The van der Waals surface area contributed by atoms with E-state index in [4.69, 9.17) is 0 Å². The Hall–Kier alpha value is -1.54. The van der Waals surface area contributed by atoms with Crippen molar-refractivity contribution in [1.82, 2.24) is 10.2 Å². The molecule has 1 amide bonds. The van der Waals surface area contributed by atoms with Crippen molar-refractivity contribution in [2.75, 3.05) is 5.32 Å². The summed E-state index contributed by atoms with van der Waals surface area (Å²) in [5.41, 5.74) is 0.396. The van der Waals surface area contributed by atoms with Gasteiger partial charge in [-0.25, -0.2) is 8.78 Å². The minimum absolute atomic E-state index is 0.102. The van der Waals surface area contributed by atoms with Gasteiger partial charge in [0.05, 0.1) is 0 Å². The first-order valence-electron chi connectivity index (χ1n) is 6.28. The van der Waals surface area contributed by atoms with E-state index in [1.54, 1.807) is 0 Å². The van der Waals surface area contributed by atoms with Crippen LogP contribution in [-0.2, 0) is 10.5 Å². The molecule has 0 aliphatic carbocycles. The summed E-state index contributed by atoms with van der Waals surface area (Å²) in [7, 11) is 0. The number of anilines is 1. The van der Waals surface area contributed by atoms with Gasteiger partial charge in [0, 0.05) is 18.2 Å². The van der Waals surface area contributed by atoms with Crippen molar-refractivity contribution in [3.05, 3.63) is 35.4 Å². The molecule has 1 aromatic carbocycles. The second-order valence-electron chi connectivity index (χ2n) is 4.20. The highest BCUT2D eigenvalue weighted by Gasteiger charge is 2.10. The average molecular weight is 329 g/mol. The van der Waals surface area contributed by atoms with Crippen molar-refractivity contribution in [2.45, 2.75) is 29.9 Å². The van der Waals surface area contributed by atoms with Gasteiger partial charge >= 0.3 is 0 Å². The summed E-state index contributed by atoms with van der Waals surface area (Å²) in [5, 5.41) is 10.8. The number of aromatic nitrogens is 2. The Morgan fingerprint density at radius 1 is 1.38 bits per heavy atom. The van der Waals surface area contributed by atoms with E-state index in [1.807, 2.05) is 6.92 Å². The van der Waals surface area contributed by atoms with Crippen LogP contribution in [0.4, 0.5) is 13.9 Å². The molecule has 0 saturated heterocycles. The van der Waals surface area contributed by atoms with Gasteiger partial charge in [0.25, 0.3) is 0 Å². The highest BCUT2D eigenvalue weighted by Crippen LogP contribution is 2.29. The third-order valence-corrected chi connectivity index (χ3v) is 4.52. The van der Waals surface area contributed by atoms with E-state index >= 15 is 0 Å². The molecule has 112 valence electrons. The molecule has 0 atom stereocenters. The maximum atomic E-state index is 13.5. The fraction of sp³-hybridized carbons (Fsp3) is 0.308. The van der Waals surface area contributed by atoms with Crippen LogP contribution < -0.4 is 5.32 Å². The molecule has 21 heavy (non-hydrogen) atoms. The summed E-state index contributed by atoms with van der Waals surface area (Å²) in [4.78, 5) is 11.4. The molecule has 2 aromatic rings. The maximum Gasteiger partial charge on any atom is 0.226 e. The Morgan fingerprint density at radius 3 is 2.90 bits per heavy atom. The zero-order valence-corrected chi connectivity index (χ0v) is 12.9. The Bertz CT molecular complexity index is 634. The lowest BCUT2D eigenvalue weighted by Crippen LogP contribution is -2.10. The zero-order valence-electron chi connectivity index (χ0n) is 11.2. The summed E-state index contributed by atoms with van der Waals surface area (Å²) < 4.78 is 26.9. The number of halogens is 2. The van der Waals surface area contributed by atoms with E-state index in [9.17, 15) is 13.6 Å². The fourth-order valence-corrected chi connectivity index (χ4v) is 3.26. The van der Waals surface area contributed by atoms with Crippen LogP contribution in [0.25, 0.3) is 0 Å². The van der Waals surface area contributed by atoms with Gasteiger partial charge in [0.15, 0.2) is 4.34 Å². The Labute approximate surface area is 129 Å². The minimum Gasteiger partial charge on any atom is -0.301 e. The number of thioether (sulfide) groups is 1. The first-order valence-corrected chi connectivity index (χ1v) is 8.08. The van der Waals surface area contributed by atoms with Gasteiger partial charge in [-0.2, -0.15) is 0 Å². The number of nitrogens with zero attached hydrogens (tertiary/aromatic N) is 2. The zero-order chi connectivity index (χ0) is 15.2. The van der Waals surface area contributed by atoms with Crippen molar-refractivity contribution in [1.29, 1.82) is 0 Å². The van der Waals surface area contributed by atoms with E-state index in [0.717, 1.165) is 12.5 Å². The molecule has 2 rings (SSSR count). The summed E-state index contributed by atoms with van der Waals surface area (Å²) in [6.45, 7) is 1.91. The molecule has 0 unspecified atom stereocenters. The summed E-state index contributed by atoms with van der Waals surface area (Å²) in [6, 6.07) is 3.48. The maximum absolute atomic E-state index is 13.5. The number of rotatable bonds is 6. The Balaban J connectivity index is 1.92. The van der Waals surface area contributed by atoms with Crippen molar-refractivity contribution < 1.29 is 13.6 Å². The molecule has 0 bridgehead atoms. The van der Waals surface area contributed by atoms with E-state index < -0.39 is 11.6 Å². The molecule has 4 nitrogen and oxygen atoms in total. The third-order valence-electron chi connectivity index (χ3n) is 2.50. The van der Waals surface area contributed by atoms with E-state index in [0.29, 0.717) is 27.2 Å². The standard InChI is InChI=1S/C13H13F2N3OS2/c1-2-3-11(19)16-12-17-18-13(21-12)20-7-8-4-5-9(14)6-10(8)15/h4-6H,2-3,7H2,1H3,(H,16,17,19). The molecule has 1 heterocycles. The van der Waals surface area contributed by atoms with Crippen LogP contribution in [0.3, 0.4) is 0 Å². The quantitative estimate of drug-likeness (QED) is 0.646. The molecule has 1 N–H and O–H groups in total. The van der Waals surface area contributed by atoms with Gasteiger partial charge in [-0.3, -0.25) is 4.79 Å². The number of carbonyl (C=O) groups excluding carboxylic acids is 1. The van der Waals surface area contributed by atoms with Crippen LogP contribution in [0.5, 0.6) is 0 Å². The van der Waals surface area contributed by atoms with E-state index in [-0.39, 0.29) is 5.91 Å². The predicted octanol–water partition coefficient (Wildman–Crippen LogP) is 3.85. The highest BCUT2D eigenvalue weighted by atomic mass is 32.2. The molecule has 0 aliphatic rings. The van der Waals surface area contributed by atoms with Crippen LogP contribution >= 0.6 is 23.1 Å². The summed E-state index contributed by atoms with van der Waals surface area (Å²) in [6.07, 6.45) is 1.19. The van der Waals surface area contributed by atoms with Crippen LogP contribution in [0, 0.1) is 11.6 Å². The molecule has 0 saturated carbocycles. The van der Waals surface area contributed by atoms with Gasteiger partial charge in [0.2, 0.25) is 11.0 Å². The van der Waals surface area contributed by atoms with Crippen molar-refractivity contribution in [3.8, 4) is 0 Å². The number of nitrogens with one attached hydrogen (secondary N) is 1. The van der Waals surface area contributed by atoms with Gasteiger partial charge in [-0.1, -0.05) is 36.1 Å². The fourth-order valence-electron chi connectivity index (χ4n) is 1.51.